The van der Waals surface area contributed by atoms with Gasteiger partial charge in [-0.3, -0.25) is 4.79 Å². The van der Waals surface area contributed by atoms with Gasteiger partial charge in [0.05, 0.1) is 35.7 Å². The summed E-state index contributed by atoms with van der Waals surface area (Å²) in [6.07, 6.45) is -2.15. The molecule has 0 aliphatic carbocycles. The Morgan fingerprint density at radius 3 is 2.11 bits per heavy atom. The van der Waals surface area contributed by atoms with Gasteiger partial charge in [-0.1, -0.05) is 78.4 Å². The topological polar surface area (TPSA) is 102 Å². The zero-order chi connectivity index (χ0) is 32.2. The molecule has 1 aliphatic rings. The molecule has 9 heteroatoms. The van der Waals surface area contributed by atoms with Crippen molar-refractivity contribution in [2.75, 3.05) is 6.61 Å². The van der Waals surface area contributed by atoms with E-state index in [0.29, 0.717) is 23.3 Å². The molecule has 1 heterocycles. The van der Waals surface area contributed by atoms with Crippen LogP contribution in [0.2, 0.25) is 0 Å². The monoisotopic (exact) mass is 623 g/mol. The van der Waals surface area contributed by atoms with E-state index in [9.17, 15) is 18.3 Å². The Morgan fingerprint density at radius 2 is 1.57 bits per heavy atom. The van der Waals surface area contributed by atoms with Gasteiger partial charge in [0.25, 0.3) is 0 Å². The molecular formula is C35H45NO7S. The highest BCUT2D eigenvalue weighted by atomic mass is 32.2. The Morgan fingerprint density at radius 1 is 1.00 bits per heavy atom. The molecule has 0 bridgehead atoms. The summed E-state index contributed by atoms with van der Waals surface area (Å²) in [6, 6.07) is 21.4. The van der Waals surface area contributed by atoms with Crippen LogP contribution in [-0.2, 0) is 35.6 Å². The van der Waals surface area contributed by atoms with Crippen LogP contribution in [0.4, 0.5) is 0 Å². The number of carbonyl (C=O) groups is 1. The fourth-order valence-corrected chi connectivity index (χ4v) is 7.92. The van der Waals surface area contributed by atoms with Crippen LogP contribution in [0.3, 0.4) is 0 Å². The number of hydrogen-bond donors (Lipinski definition) is 1. The van der Waals surface area contributed by atoms with E-state index in [4.69, 9.17) is 14.2 Å². The van der Waals surface area contributed by atoms with Gasteiger partial charge in [-0.25, -0.2) is 8.42 Å². The average molecular weight is 624 g/mol. The molecule has 1 aliphatic heterocycles. The molecule has 3 aromatic carbocycles. The number of ether oxygens (including phenoxy) is 3. The van der Waals surface area contributed by atoms with Crippen LogP contribution >= 0.6 is 0 Å². The lowest BCUT2D eigenvalue weighted by Gasteiger charge is -2.35. The molecule has 0 unspecified atom stereocenters. The van der Waals surface area contributed by atoms with Crippen LogP contribution in [0.25, 0.3) is 0 Å². The first kappa shape index (κ1) is 33.8. The minimum atomic E-state index is -4.07. The number of aliphatic hydroxyl groups is 1. The number of esters is 1. The molecule has 0 amide bonds. The predicted molar refractivity (Wildman–Crippen MR) is 169 cm³/mol. The molecule has 44 heavy (non-hydrogen) atoms. The van der Waals surface area contributed by atoms with Crippen LogP contribution in [0.5, 0.6) is 0 Å². The number of aryl methyl sites for hydroxylation is 3. The maximum Gasteiger partial charge on any atom is 0.311 e. The molecule has 5 atom stereocenters. The van der Waals surface area contributed by atoms with E-state index >= 15 is 0 Å². The second kappa shape index (κ2) is 13.9. The summed E-state index contributed by atoms with van der Waals surface area (Å²) in [6.45, 7) is 12.9. The van der Waals surface area contributed by atoms with Crippen molar-refractivity contribution in [2.45, 2.75) is 96.5 Å². The van der Waals surface area contributed by atoms with Crippen molar-refractivity contribution >= 4 is 16.0 Å². The highest BCUT2D eigenvalue weighted by Gasteiger charge is 2.40. The van der Waals surface area contributed by atoms with Gasteiger partial charge in [0.1, 0.15) is 6.10 Å². The number of benzene rings is 3. The van der Waals surface area contributed by atoms with E-state index in [2.05, 4.69) is 0 Å². The van der Waals surface area contributed by atoms with Gasteiger partial charge < -0.3 is 19.3 Å². The van der Waals surface area contributed by atoms with Crippen molar-refractivity contribution in [3.63, 3.8) is 0 Å². The number of carbonyl (C=O) groups excluding carboxylic acids is 1. The first-order chi connectivity index (χ1) is 20.7. The smallest absolute Gasteiger partial charge is 0.311 e. The van der Waals surface area contributed by atoms with E-state index in [-0.39, 0.29) is 24.0 Å². The summed E-state index contributed by atoms with van der Waals surface area (Å²) in [5.74, 6) is -2.26. The number of rotatable bonds is 12. The summed E-state index contributed by atoms with van der Waals surface area (Å²) in [7, 11) is -4.07. The highest BCUT2D eigenvalue weighted by Crippen LogP contribution is 2.34. The van der Waals surface area contributed by atoms with Crippen molar-refractivity contribution < 1.29 is 32.5 Å². The molecule has 4 rings (SSSR count). The van der Waals surface area contributed by atoms with Crippen LogP contribution in [0.15, 0.2) is 77.7 Å². The maximum absolute atomic E-state index is 14.6. The van der Waals surface area contributed by atoms with Gasteiger partial charge in [0.2, 0.25) is 10.0 Å². The Kier molecular flexibility index (Phi) is 10.7. The van der Waals surface area contributed by atoms with Crippen LogP contribution in [0.1, 0.15) is 68.0 Å². The van der Waals surface area contributed by atoms with Crippen molar-refractivity contribution in [1.29, 1.82) is 0 Å². The lowest BCUT2D eigenvalue weighted by Crippen LogP contribution is -2.44. The molecular weight excluding hydrogens is 578 g/mol. The van der Waals surface area contributed by atoms with E-state index < -0.39 is 45.9 Å². The molecule has 1 fully saturated rings. The zero-order valence-corrected chi connectivity index (χ0v) is 27.5. The van der Waals surface area contributed by atoms with Gasteiger partial charge in [-0.05, 0) is 70.7 Å². The number of hydrogen-bond acceptors (Lipinski definition) is 7. The number of nitrogens with zero attached hydrogens (tertiary/aromatic N) is 1. The Bertz CT molecular complexity index is 1500. The fourth-order valence-electron chi connectivity index (χ4n) is 5.88. The molecule has 1 N–H and O–H groups in total. The minimum absolute atomic E-state index is 0.0744. The van der Waals surface area contributed by atoms with Crippen molar-refractivity contribution in [1.82, 2.24) is 4.31 Å². The largest absolute Gasteiger partial charge is 0.455 e. The molecule has 0 aromatic heterocycles. The number of aliphatic hydroxyl groups excluding tert-OH is 1. The summed E-state index contributed by atoms with van der Waals surface area (Å²) in [5.41, 5.74) is 3.73. The molecule has 0 spiro atoms. The minimum Gasteiger partial charge on any atom is -0.455 e. The predicted octanol–water partition coefficient (Wildman–Crippen LogP) is 6.01. The fraction of sp³-hybridized carbons (Fsp3) is 0.457. The normalized spacial score (nSPS) is 19.3. The molecule has 1 saturated heterocycles. The average Bonchev–Trinajstić information content (AvgIpc) is 3.31. The second-order valence-corrected chi connectivity index (χ2v) is 14.1. The standard InChI is InChI=1S/C35H45NO7S/c1-23-18-24(2)33(25(3)19-23)44(39,40)36(21-28-14-10-8-11-15-28)27(5)32(29-16-12-9-13-17-29)42-34(38)26(4)31(37)20-30-22-41-35(6,7)43-30/h8-19,26-27,30-32,37H,20-22H2,1-7H3/t26-,27-,30+,31-,32-/m1/s1. The molecule has 8 nitrogen and oxygen atoms in total. The highest BCUT2D eigenvalue weighted by molar-refractivity contribution is 7.89. The Labute approximate surface area is 262 Å². The van der Waals surface area contributed by atoms with E-state index in [1.54, 1.807) is 41.5 Å². The Balaban J connectivity index is 1.69. The first-order valence-electron chi connectivity index (χ1n) is 15.1. The van der Waals surface area contributed by atoms with Gasteiger partial charge in [0, 0.05) is 13.0 Å². The molecule has 0 saturated carbocycles. The Hall–Kier alpha value is -3.08. The van der Waals surface area contributed by atoms with Gasteiger partial charge in [-0.15, -0.1) is 0 Å². The molecule has 3 aromatic rings. The maximum atomic E-state index is 14.6. The van der Waals surface area contributed by atoms with Gasteiger partial charge in [0.15, 0.2) is 5.79 Å². The SMILES string of the molecule is Cc1cc(C)c(S(=O)(=O)N(Cc2ccccc2)[C@H](C)[C@@H](OC(=O)[C@H](C)[C@H](O)C[C@H]2COC(C)(C)O2)c2ccccc2)c(C)c1. The van der Waals surface area contributed by atoms with Crippen molar-refractivity contribution in [2.24, 2.45) is 5.92 Å². The van der Waals surface area contributed by atoms with Crippen LogP contribution < -0.4 is 0 Å². The van der Waals surface area contributed by atoms with Crippen LogP contribution in [-0.4, -0.2) is 54.4 Å². The van der Waals surface area contributed by atoms with Crippen LogP contribution in [0, 0.1) is 26.7 Å². The lowest BCUT2D eigenvalue weighted by molar-refractivity contribution is -0.162. The summed E-state index contributed by atoms with van der Waals surface area (Å²) in [4.78, 5) is 13.8. The molecule has 238 valence electrons. The lowest BCUT2D eigenvalue weighted by atomic mass is 9.98. The van der Waals surface area contributed by atoms with E-state index in [0.717, 1.165) is 11.1 Å². The third kappa shape index (κ3) is 7.95. The van der Waals surface area contributed by atoms with Crippen molar-refractivity contribution in [3.8, 4) is 0 Å². The third-order valence-electron chi connectivity index (χ3n) is 8.14. The van der Waals surface area contributed by atoms with E-state index in [1.165, 1.54) is 4.31 Å². The summed E-state index contributed by atoms with van der Waals surface area (Å²) in [5, 5.41) is 11.0. The molecule has 0 radical (unpaired) electrons. The first-order valence-corrected chi connectivity index (χ1v) is 16.5. The van der Waals surface area contributed by atoms with Gasteiger partial charge in [-0.2, -0.15) is 4.31 Å². The second-order valence-electron chi connectivity index (χ2n) is 12.3. The van der Waals surface area contributed by atoms with Crippen molar-refractivity contribution in [3.05, 3.63) is 101 Å². The summed E-state index contributed by atoms with van der Waals surface area (Å²) >= 11 is 0. The van der Waals surface area contributed by atoms with Gasteiger partial charge >= 0.3 is 5.97 Å². The number of sulfonamides is 1. The summed E-state index contributed by atoms with van der Waals surface area (Å²) < 4.78 is 48.1. The third-order valence-corrected chi connectivity index (χ3v) is 10.4. The quantitative estimate of drug-likeness (QED) is 0.247. The zero-order valence-electron chi connectivity index (χ0n) is 26.7. The van der Waals surface area contributed by atoms with E-state index in [1.807, 2.05) is 79.7 Å².